The van der Waals surface area contributed by atoms with E-state index in [1.807, 2.05) is 24.3 Å². The van der Waals surface area contributed by atoms with Crippen LogP contribution in [0, 0.1) is 11.3 Å². The Labute approximate surface area is 97.9 Å². The summed E-state index contributed by atoms with van der Waals surface area (Å²) >= 11 is 5.75. The number of aromatic nitrogens is 1. The number of benzene rings is 1. The van der Waals surface area contributed by atoms with Crippen LogP contribution in [0.1, 0.15) is 5.56 Å². The molecule has 2 rings (SSSR count). The highest BCUT2D eigenvalue weighted by molar-refractivity contribution is 6.29. The lowest BCUT2D eigenvalue weighted by atomic mass is 10.3. The van der Waals surface area contributed by atoms with Gasteiger partial charge in [-0.05, 0) is 18.2 Å². The van der Waals surface area contributed by atoms with E-state index < -0.39 is 0 Å². The number of halogens is 1. The molecule has 3 nitrogen and oxygen atoms in total. The molecule has 0 radical (unpaired) electrons. The summed E-state index contributed by atoms with van der Waals surface area (Å²) in [6.07, 6.45) is 0. The third-order valence-corrected chi connectivity index (χ3v) is 2.06. The molecule has 0 saturated carbocycles. The van der Waals surface area contributed by atoms with E-state index in [-0.39, 0.29) is 5.15 Å². The Morgan fingerprint density at radius 1 is 1.19 bits per heavy atom. The van der Waals surface area contributed by atoms with Gasteiger partial charge < -0.3 is 4.74 Å². The predicted molar refractivity (Wildman–Crippen MR) is 60.5 cm³/mol. The van der Waals surface area contributed by atoms with Crippen LogP contribution in [0.3, 0.4) is 0 Å². The number of nitrogens with zero attached hydrogens (tertiary/aromatic N) is 2. The number of rotatable bonds is 2. The molecule has 0 spiro atoms. The van der Waals surface area contributed by atoms with Gasteiger partial charge in [-0.1, -0.05) is 29.8 Å². The topological polar surface area (TPSA) is 45.9 Å². The van der Waals surface area contributed by atoms with E-state index in [9.17, 15) is 0 Å². The Morgan fingerprint density at radius 2 is 1.94 bits per heavy atom. The van der Waals surface area contributed by atoms with Gasteiger partial charge in [0.15, 0.2) is 0 Å². The van der Waals surface area contributed by atoms with Gasteiger partial charge in [-0.25, -0.2) is 4.98 Å². The third-order valence-electron chi connectivity index (χ3n) is 1.87. The highest BCUT2D eigenvalue weighted by Gasteiger charge is 2.02. The molecule has 0 amide bonds. The van der Waals surface area contributed by atoms with Crippen molar-refractivity contribution in [2.45, 2.75) is 0 Å². The van der Waals surface area contributed by atoms with E-state index in [0.717, 1.165) is 0 Å². The van der Waals surface area contributed by atoms with Crippen molar-refractivity contribution in [3.63, 3.8) is 0 Å². The molecule has 0 aliphatic rings. The second-order valence-corrected chi connectivity index (χ2v) is 3.43. The quantitative estimate of drug-likeness (QED) is 0.743. The van der Waals surface area contributed by atoms with Gasteiger partial charge in [0, 0.05) is 6.07 Å². The molecule has 0 fully saturated rings. The lowest BCUT2D eigenvalue weighted by molar-refractivity contribution is 0.463. The summed E-state index contributed by atoms with van der Waals surface area (Å²) in [6.45, 7) is 0. The van der Waals surface area contributed by atoms with Crippen LogP contribution >= 0.6 is 11.6 Å². The summed E-state index contributed by atoms with van der Waals surface area (Å²) in [5.41, 5.74) is 0.422. The molecule has 1 aromatic heterocycles. The van der Waals surface area contributed by atoms with E-state index in [1.165, 1.54) is 6.07 Å². The highest BCUT2D eigenvalue weighted by Crippen LogP contribution is 2.21. The highest BCUT2D eigenvalue weighted by atomic mass is 35.5. The summed E-state index contributed by atoms with van der Waals surface area (Å²) in [6, 6.07) is 14.2. The predicted octanol–water partition coefficient (Wildman–Crippen LogP) is 3.40. The largest absolute Gasteiger partial charge is 0.439 e. The van der Waals surface area contributed by atoms with Gasteiger partial charge in [0.05, 0.1) is 11.6 Å². The van der Waals surface area contributed by atoms with Crippen LogP contribution in [0.2, 0.25) is 5.15 Å². The molecular formula is C12H7ClN2O. The minimum Gasteiger partial charge on any atom is -0.439 e. The normalized spacial score (nSPS) is 9.50. The average Bonchev–Trinajstić information content (AvgIpc) is 2.29. The summed E-state index contributed by atoms with van der Waals surface area (Å²) in [4.78, 5) is 3.97. The number of pyridine rings is 1. The standard InChI is InChI=1S/C12H7ClN2O/c13-11-6-9(8-14)7-12(15-11)16-10-4-2-1-3-5-10/h1-7H. The summed E-state index contributed by atoms with van der Waals surface area (Å²) in [7, 11) is 0. The van der Waals surface area contributed by atoms with Crippen molar-refractivity contribution in [1.29, 1.82) is 5.26 Å². The number of hydrogen-bond donors (Lipinski definition) is 0. The van der Waals surface area contributed by atoms with Gasteiger partial charge in [-0.3, -0.25) is 0 Å². The van der Waals surface area contributed by atoms with Crippen LogP contribution in [0.5, 0.6) is 11.6 Å². The van der Waals surface area contributed by atoms with Crippen molar-refractivity contribution in [3.05, 3.63) is 53.2 Å². The van der Waals surface area contributed by atoms with Gasteiger partial charge in [0.25, 0.3) is 0 Å². The number of hydrogen-bond acceptors (Lipinski definition) is 3. The van der Waals surface area contributed by atoms with Crippen molar-refractivity contribution >= 4 is 11.6 Å². The van der Waals surface area contributed by atoms with Crippen LogP contribution in [0.4, 0.5) is 0 Å². The van der Waals surface area contributed by atoms with E-state index in [1.54, 1.807) is 18.2 Å². The fourth-order valence-corrected chi connectivity index (χ4v) is 1.40. The van der Waals surface area contributed by atoms with Crippen molar-refractivity contribution in [2.24, 2.45) is 0 Å². The number of ether oxygens (including phenoxy) is 1. The van der Waals surface area contributed by atoms with Gasteiger partial charge in [-0.15, -0.1) is 0 Å². The molecule has 16 heavy (non-hydrogen) atoms. The fourth-order valence-electron chi connectivity index (χ4n) is 1.20. The van der Waals surface area contributed by atoms with Crippen LogP contribution in [-0.4, -0.2) is 4.98 Å². The Hall–Kier alpha value is -2.05. The van der Waals surface area contributed by atoms with Crippen molar-refractivity contribution in [3.8, 4) is 17.7 Å². The van der Waals surface area contributed by atoms with Crippen molar-refractivity contribution in [1.82, 2.24) is 4.98 Å². The van der Waals surface area contributed by atoms with E-state index in [4.69, 9.17) is 21.6 Å². The van der Waals surface area contributed by atoms with Gasteiger partial charge >= 0.3 is 0 Å². The molecule has 1 aromatic carbocycles. The minimum atomic E-state index is 0.241. The first-order valence-corrected chi connectivity index (χ1v) is 4.96. The molecule has 78 valence electrons. The summed E-state index contributed by atoms with van der Waals surface area (Å²) in [5, 5.41) is 9.00. The van der Waals surface area contributed by atoms with E-state index in [2.05, 4.69) is 4.98 Å². The van der Waals surface area contributed by atoms with Crippen molar-refractivity contribution < 1.29 is 4.74 Å². The van der Waals surface area contributed by atoms with E-state index in [0.29, 0.717) is 17.2 Å². The zero-order chi connectivity index (χ0) is 11.4. The van der Waals surface area contributed by atoms with Crippen LogP contribution in [-0.2, 0) is 0 Å². The molecule has 0 atom stereocenters. The smallest absolute Gasteiger partial charge is 0.221 e. The zero-order valence-corrected chi connectivity index (χ0v) is 8.98. The maximum atomic E-state index is 8.76. The monoisotopic (exact) mass is 230 g/mol. The molecule has 1 heterocycles. The average molecular weight is 231 g/mol. The molecule has 2 aromatic rings. The fraction of sp³-hybridized carbons (Fsp3) is 0. The lowest BCUT2D eigenvalue weighted by Crippen LogP contribution is -1.89. The molecule has 0 N–H and O–H groups in total. The Balaban J connectivity index is 2.29. The lowest BCUT2D eigenvalue weighted by Gasteiger charge is -2.04. The van der Waals surface area contributed by atoms with Crippen LogP contribution < -0.4 is 4.74 Å². The second kappa shape index (κ2) is 4.65. The first-order chi connectivity index (χ1) is 7.78. The SMILES string of the molecule is N#Cc1cc(Cl)nc(Oc2ccccc2)c1. The molecule has 0 unspecified atom stereocenters. The second-order valence-electron chi connectivity index (χ2n) is 3.04. The Bertz CT molecular complexity index is 534. The van der Waals surface area contributed by atoms with Crippen LogP contribution in [0.15, 0.2) is 42.5 Å². The van der Waals surface area contributed by atoms with Gasteiger partial charge in [0.1, 0.15) is 10.9 Å². The third kappa shape index (κ3) is 2.50. The van der Waals surface area contributed by atoms with Crippen LogP contribution in [0.25, 0.3) is 0 Å². The summed E-state index contributed by atoms with van der Waals surface area (Å²) in [5.74, 6) is 0.969. The number of para-hydroxylation sites is 1. The molecule has 4 heteroatoms. The molecule has 0 aliphatic carbocycles. The molecule has 0 bridgehead atoms. The van der Waals surface area contributed by atoms with Crippen molar-refractivity contribution in [2.75, 3.05) is 0 Å². The Kier molecular flexibility index (Phi) is 3.04. The maximum Gasteiger partial charge on any atom is 0.221 e. The molecular weight excluding hydrogens is 224 g/mol. The molecule has 0 saturated heterocycles. The Morgan fingerprint density at radius 3 is 2.62 bits per heavy atom. The zero-order valence-electron chi connectivity index (χ0n) is 8.22. The maximum absolute atomic E-state index is 8.76. The first kappa shape index (κ1) is 10.5. The number of nitriles is 1. The molecule has 0 aliphatic heterocycles. The van der Waals surface area contributed by atoms with E-state index >= 15 is 0 Å². The minimum absolute atomic E-state index is 0.241. The van der Waals surface area contributed by atoms with Gasteiger partial charge in [-0.2, -0.15) is 5.26 Å². The van der Waals surface area contributed by atoms with Gasteiger partial charge in [0.2, 0.25) is 5.88 Å². The first-order valence-electron chi connectivity index (χ1n) is 4.58. The summed E-state index contributed by atoms with van der Waals surface area (Å²) < 4.78 is 5.46.